The topological polar surface area (TPSA) is 74.4 Å². The summed E-state index contributed by atoms with van der Waals surface area (Å²) in [5, 5.41) is 0.120. The molecule has 4 aromatic rings. The third kappa shape index (κ3) is 3.82. The maximum absolute atomic E-state index is 13.9. The van der Waals surface area contributed by atoms with Crippen LogP contribution < -0.4 is 15.2 Å². The number of ketones is 1. The van der Waals surface area contributed by atoms with E-state index in [1.807, 2.05) is 0 Å². The molecule has 158 valence electrons. The highest BCUT2D eigenvalue weighted by molar-refractivity contribution is 7.21. The van der Waals surface area contributed by atoms with Gasteiger partial charge in [-0.15, -0.1) is 11.3 Å². The molecule has 0 radical (unpaired) electrons. The maximum Gasteiger partial charge on any atom is 0.264 e. The number of thiophene rings is 1. The molecule has 0 saturated heterocycles. The molecule has 0 aliphatic rings. The van der Waals surface area contributed by atoms with Crippen molar-refractivity contribution in [2.75, 3.05) is 20.0 Å². The number of hydrogen-bond donors (Lipinski definition) is 1. The largest absolute Gasteiger partial charge is 0.497 e. The van der Waals surface area contributed by atoms with Crippen molar-refractivity contribution in [3.05, 3.63) is 70.6 Å². The zero-order chi connectivity index (χ0) is 22.1. The quantitative estimate of drug-likeness (QED) is 0.388. The SMILES string of the molecule is COc1ccc(C(=O)c2sc3nc(-c4ccc(OC)cc4)cc(C(F)F)c3c2N)cc1. The molecule has 0 amide bonds. The molecule has 2 heterocycles. The van der Waals surface area contributed by atoms with Crippen molar-refractivity contribution in [1.29, 1.82) is 0 Å². The third-order valence-corrected chi connectivity index (χ3v) is 6.01. The van der Waals surface area contributed by atoms with E-state index in [0.29, 0.717) is 28.3 Å². The van der Waals surface area contributed by atoms with Crippen LogP contribution in [0, 0.1) is 0 Å². The van der Waals surface area contributed by atoms with Crippen molar-refractivity contribution in [3.8, 4) is 22.8 Å². The van der Waals surface area contributed by atoms with Crippen LogP contribution in [0.15, 0.2) is 54.6 Å². The van der Waals surface area contributed by atoms with Gasteiger partial charge in [0.2, 0.25) is 5.78 Å². The van der Waals surface area contributed by atoms with E-state index in [2.05, 4.69) is 4.98 Å². The number of aromatic nitrogens is 1. The number of carbonyl (C=O) groups is 1. The Morgan fingerprint density at radius 1 is 1.00 bits per heavy atom. The lowest BCUT2D eigenvalue weighted by molar-refractivity contribution is 0.104. The van der Waals surface area contributed by atoms with E-state index in [-0.39, 0.29) is 32.1 Å². The predicted octanol–water partition coefficient (Wildman–Crippen LogP) is 5.73. The monoisotopic (exact) mass is 440 g/mol. The normalized spacial score (nSPS) is 11.1. The van der Waals surface area contributed by atoms with Crippen LogP contribution in [0.2, 0.25) is 0 Å². The summed E-state index contributed by atoms with van der Waals surface area (Å²) in [5.41, 5.74) is 7.35. The second kappa shape index (κ2) is 8.31. The first-order valence-corrected chi connectivity index (χ1v) is 10.1. The van der Waals surface area contributed by atoms with Crippen molar-refractivity contribution in [2.24, 2.45) is 0 Å². The molecule has 0 saturated carbocycles. The smallest absolute Gasteiger partial charge is 0.264 e. The maximum atomic E-state index is 13.9. The van der Waals surface area contributed by atoms with Gasteiger partial charge in [0, 0.05) is 22.1 Å². The van der Waals surface area contributed by atoms with Gasteiger partial charge in [-0.05, 0) is 54.6 Å². The fourth-order valence-electron chi connectivity index (χ4n) is 3.27. The average molecular weight is 440 g/mol. The number of carbonyl (C=O) groups excluding carboxylic acids is 1. The van der Waals surface area contributed by atoms with Crippen LogP contribution in [-0.2, 0) is 0 Å². The summed E-state index contributed by atoms with van der Waals surface area (Å²) in [5.74, 6) is 0.896. The Morgan fingerprint density at radius 2 is 1.58 bits per heavy atom. The minimum Gasteiger partial charge on any atom is -0.497 e. The third-order valence-electron chi connectivity index (χ3n) is 4.91. The number of alkyl halides is 2. The molecule has 0 unspecified atom stereocenters. The Bertz CT molecular complexity index is 1250. The van der Waals surface area contributed by atoms with Gasteiger partial charge in [0.05, 0.1) is 25.6 Å². The minimum atomic E-state index is -2.77. The first-order valence-electron chi connectivity index (χ1n) is 9.27. The number of rotatable bonds is 6. The summed E-state index contributed by atoms with van der Waals surface area (Å²) in [6.45, 7) is 0. The molecule has 0 spiro atoms. The Morgan fingerprint density at radius 3 is 2.13 bits per heavy atom. The number of nitrogens with two attached hydrogens (primary N) is 1. The number of benzene rings is 2. The van der Waals surface area contributed by atoms with Crippen LogP contribution in [0.1, 0.15) is 27.2 Å². The number of nitrogen functional groups attached to an aromatic ring is 1. The number of fused-ring (bicyclic) bond motifs is 1. The van der Waals surface area contributed by atoms with Crippen molar-refractivity contribution >= 4 is 33.0 Å². The van der Waals surface area contributed by atoms with Gasteiger partial charge in [-0.25, -0.2) is 13.8 Å². The van der Waals surface area contributed by atoms with Gasteiger partial charge >= 0.3 is 0 Å². The summed E-state index contributed by atoms with van der Waals surface area (Å²) >= 11 is 1.01. The number of methoxy groups -OCH3 is 2. The lowest BCUT2D eigenvalue weighted by atomic mass is 10.0. The van der Waals surface area contributed by atoms with Gasteiger partial charge in [-0.1, -0.05) is 0 Å². The van der Waals surface area contributed by atoms with Crippen LogP contribution in [0.25, 0.3) is 21.5 Å². The van der Waals surface area contributed by atoms with Crippen molar-refractivity contribution < 1.29 is 23.0 Å². The molecule has 0 fully saturated rings. The first kappa shape index (κ1) is 20.7. The number of hydrogen-bond acceptors (Lipinski definition) is 6. The average Bonchev–Trinajstić information content (AvgIpc) is 3.14. The molecule has 0 atom stereocenters. The first-order chi connectivity index (χ1) is 14.9. The minimum absolute atomic E-state index is 0.0184. The highest BCUT2D eigenvalue weighted by atomic mass is 32.1. The van der Waals surface area contributed by atoms with Crippen LogP contribution in [0.4, 0.5) is 14.5 Å². The zero-order valence-electron chi connectivity index (χ0n) is 16.7. The van der Waals surface area contributed by atoms with E-state index in [4.69, 9.17) is 15.2 Å². The van der Waals surface area contributed by atoms with E-state index in [1.54, 1.807) is 55.6 Å². The highest BCUT2D eigenvalue weighted by Gasteiger charge is 2.25. The Balaban J connectivity index is 1.84. The molecular formula is C23H18F2N2O3S. The molecule has 0 aliphatic heterocycles. The summed E-state index contributed by atoms with van der Waals surface area (Å²) < 4.78 is 38.1. The van der Waals surface area contributed by atoms with E-state index in [1.165, 1.54) is 13.2 Å². The number of nitrogens with zero attached hydrogens (tertiary/aromatic N) is 1. The summed E-state index contributed by atoms with van der Waals surface area (Å²) in [4.78, 5) is 18.0. The van der Waals surface area contributed by atoms with Crippen molar-refractivity contribution in [3.63, 3.8) is 0 Å². The second-order valence-corrected chi connectivity index (χ2v) is 7.71. The Labute approximate surface area is 181 Å². The van der Waals surface area contributed by atoms with Gasteiger partial charge in [0.25, 0.3) is 6.43 Å². The molecule has 2 aromatic heterocycles. The standard InChI is InChI=1S/C23H18F2N2O3S/c1-29-14-7-3-12(4-8-14)17-11-16(22(24)25)18-19(26)21(31-23(18)27-17)20(28)13-5-9-15(30-2)10-6-13/h3-11,22H,26H2,1-2H3. The summed E-state index contributed by atoms with van der Waals surface area (Å²) in [6, 6.07) is 14.8. The fourth-order valence-corrected chi connectivity index (χ4v) is 4.36. The van der Waals surface area contributed by atoms with E-state index in [9.17, 15) is 13.6 Å². The molecule has 5 nitrogen and oxygen atoms in total. The Kier molecular flexibility index (Phi) is 5.56. The zero-order valence-corrected chi connectivity index (χ0v) is 17.5. The molecule has 31 heavy (non-hydrogen) atoms. The number of pyridine rings is 1. The number of anilines is 1. The van der Waals surface area contributed by atoms with Gasteiger partial charge in [-0.3, -0.25) is 4.79 Å². The molecule has 8 heteroatoms. The molecule has 2 N–H and O–H groups in total. The fraction of sp³-hybridized carbons (Fsp3) is 0.130. The molecular weight excluding hydrogens is 422 g/mol. The van der Waals surface area contributed by atoms with Gasteiger partial charge < -0.3 is 15.2 Å². The van der Waals surface area contributed by atoms with Crippen LogP contribution in [0.5, 0.6) is 11.5 Å². The van der Waals surface area contributed by atoms with Crippen molar-refractivity contribution in [1.82, 2.24) is 4.98 Å². The van der Waals surface area contributed by atoms with Gasteiger partial charge in [0.15, 0.2) is 0 Å². The predicted molar refractivity (Wildman–Crippen MR) is 117 cm³/mol. The van der Waals surface area contributed by atoms with E-state index >= 15 is 0 Å². The Hall–Kier alpha value is -3.52. The number of ether oxygens (including phenoxy) is 2. The summed E-state index contributed by atoms with van der Waals surface area (Å²) in [7, 11) is 3.07. The molecule has 0 aliphatic carbocycles. The van der Waals surface area contributed by atoms with E-state index in [0.717, 1.165) is 11.3 Å². The highest BCUT2D eigenvalue weighted by Crippen LogP contribution is 2.41. The second-order valence-electron chi connectivity index (χ2n) is 6.71. The van der Waals surface area contributed by atoms with Crippen LogP contribution in [-0.4, -0.2) is 25.0 Å². The molecule has 4 rings (SSSR count). The van der Waals surface area contributed by atoms with E-state index < -0.39 is 6.43 Å². The lowest BCUT2D eigenvalue weighted by Gasteiger charge is -2.08. The van der Waals surface area contributed by atoms with Crippen molar-refractivity contribution in [2.45, 2.75) is 6.43 Å². The molecule has 0 bridgehead atoms. The lowest BCUT2D eigenvalue weighted by Crippen LogP contribution is -2.02. The van der Waals surface area contributed by atoms with Crippen LogP contribution >= 0.6 is 11.3 Å². The molecule has 2 aromatic carbocycles. The van der Waals surface area contributed by atoms with Gasteiger partial charge in [0.1, 0.15) is 21.2 Å². The van der Waals surface area contributed by atoms with Crippen LogP contribution in [0.3, 0.4) is 0 Å². The summed E-state index contributed by atoms with van der Waals surface area (Å²) in [6.07, 6.45) is -2.77. The van der Waals surface area contributed by atoms with Gasteiger partial charge in [-0.2, -0.15) is 0 Å². The number of halogens is 2.